The van der Waals surface area contributed by atoms with Crippen molar-refractivity contribution in [2.45, 2.75) is 26.2 Å². The molecule has 27 heavy (non-hydrogen) atoms. The van der Waals surface area contributed by atoms with E-state index in [1.807, 2.05) is 12.1 Å². The van der Waals surface area contributed by atoms with Gasteiger partial charge in [-0.2, -0.15) is 0 Å². The van der Waals surface area contributed by atoms with Gasteiger partial charge in [-0.05, 0) is 41.3 Å². The standard InChI is InChI=1S/C20H21N3O4/c1-20(2,3)13-6-4-12(5-7-13)18(25)21-11-17(24)22-14-8-9-16-15(10-14)23-19(26)27-16/h4-10H,11H2,1-3H3,(H,21,25)(H,22,24)(H,23,26). The number of fused-ring (bicyclic) bond motifs is 1. The second-order valence-corrected chi connectivity index (χ2v) is 7.28. The van der Waals surface area contributed by atoms with Crippen molar-refractivity contribution in [2.75, 3.05) is 11.9 Å². The first-order chi connectivity index (χ1) is 12.7. The van der Waals surface area contributed by atoms with E-state index in [0.29, 0.717) is 22.4 Å². The summed E-state index contributed by atoms with van der Waals surface area (Å²) in [6.45, 7) is 6.13. The zero-order valence-electron chi connectivity index (χ0n) is 15.4. The molecule has 0 atom stereocenters. The van der Waals surface area contributed by atoms with Gasteiger partial charge in [0.1, 0.15) is 0 Å². The molecule has 3 aromatic rings. The van der Waals surface area contributed by atoms with E-state index in [4.69, 9.17) is 4.42 Å². The van der Waals surface area contributed by atoms with Crippen LogP contribution in [0.15, 0.2) is 51.7 Å². The Kier molecular flexibility index (Phi) is 4.85. The molecule has 140 valence electrons. The first kappa shape index (κ1) is 18.4. The van der Waals surface area contributed by atoms with Gasteiger partial charge in [-0.15, -0.1) is 0 Å². The van der Waals surface area contributed by atoms with Gasteiger partial charge in [-0.3, -0.25) is 14.6 Å². The van der Waals surface area contributed by atoms with Crippen LogP contribution in [0.4, 0.5) is 5.69 Å². The van der Waals surface area contributed by atoms with Crippen molar-refractivity contribution >= 4 is 28.6 Å². The zero-order chi connectivity index (χ0) is 19.6. The summed E-state index contributed by atoms with van der Waals surface area (Å²) in [7, 11) is 0. The molecule has 0 saturated heterocycles. The van der Waals surface area contributed by atoms with Gasteiger partial charge in [0.05, 0.1) is 12.1 Å². The number of H-pyrrole nitrogens is 1. The predicted molar refractivity (Wildman–Crippen MR) is 103 cm³/mol. The lowest BCUT2D eigenvalue weighted by Crippen LogP contribution is -2.32. The van der Waals surface area contributed by atoms with Crippen molar-refractivity contribution in [3.05, 3.63) is 64.1 Å². The smallest absolute Gasteiger partial charge is 0.408 e. The van der Waals surface area contributed by atoms with Crippen LogP contribution in [-0.2, 0) is 10.2 Å². The van der Waals surface area contributed by atoms with E-state index in [9.17, 15) is 14.4 Å². The number of aromatic nitrogens is 1. The Balaban J connectivity index is 1.57. The Morgan fingerprint density at radius 1 is 1.07 bits per heavy atom. The van der Waals surface area contributed by atoms with Crippen molar-refractivity contribution < 1.29 is 14.0 Å². The number of nitrogens with one attached hydrogen (secondary N) is 3. The quantitative estimate of drug-likeness (QED) is 0.659. The lowest BCUT2D eigenvalue weighted by molar-refractivity contribution is -0.115. The average Bonchev–Trinajstić information content (AvgIpc) is 2.98. The molecule has 0 aliphatic carbocycles. The number of oxazole rings is 1. The summed E-state index contributed by atoms with van der Waals surface area (Å²) in [4.78, 5) is 37.9. The predicted octanol–water partition coefficient (Wildman–Crippen LogP) is 2.79. The van der Waals surface area contributed by atoms with E-state index in [0.717, 1.165) is 5.56 Å². The van der Waals surface area contributed by atoms with Crippen LogP contribution >= 0.6 is 0 Å². The highest BCUT2D eigenvalue weighted by Gasteiger charge is 2.14. The molecule has 3 N–H and O–H groups in total. The summed E-state index contributed by atoms with van der Waals surface area (Å²) in [5, 5.41) is 5.25. The summed E-state index contributed by atoms with van der Waals surface area (Å²) < 4.78 is 4.90. The molecular weight excluding hydrogens is 346 g/mol. The van der Waals surface area contributed by atoms with Gasteiger partial charge in [0.15, 0.2) is 5.58 Å². The fourth-order valence-electron chi connectivity index (χ4n) is 2.62. The molecule has 0 fully saturated rings. The monoisotopic (exact) mass is 367 g/mol. The molecule has 7 heteroatoms. The van der Waals surface area contributed by atoms with Gasteiger partial charge in [-0.1, -0.05) is 32.9 Å². The third kappa shape index (κ3) is 4.44. The van der Waals surface area contributed by atoms with Crippen LogP contribution in [0.5, 0.6) is 0 Å². The number of rotatable bonds is 4. The summed E-state index contributed by atoms with van der Waals surface area (Å²) in [6.07, 6.45) is 0. The van der Waals surface area contributed by atoms with Crippen LogP contribution in [0.1, 0.15) is 36.7 Å². The van der Waals surface area contributed by atoms with Crippen molar-refractivity contribution in [2.24, 2.45) is 0 Å². The molecule has 2 amide bonds. The first-order valence-electron chi connectivity index (χ1n) is 8.54. The molecule has 1 aromatic heterocycles. The Bertz CT molecular complexity index is 1040. The van der Waals surface area contributed by atoms with Gasteiger partial charge in [0, 0.05) is 11.3 Å². The van der Waals surface area contributed by atoms with E-state index in [2.05, 4.69) is 36.4 Å². The summed E-state index contributed by atoms with van der Waals surface area (Å²) in [6, 6.07) is 12.1. The van der Waals surface area contributed by atoms with E-state index in [-0.39, 0.29) is 23.8 Å². The minimum Gasteiger partial charge on any atom is -0.408 e. The van der Waals surface area contributed by atoms with E-state index < -0.39 is 5.76 Å². The van der Waals surface area contributed by atoms with Crippen LogP contribution in [0.2, 0.25) is 0 Å². The van der Waals surface area contributed by atoms with Gasteiger partial charge in [0.25, 0.3) is 5.91 Å². The highest BCUT2D eigenvalue weighted by Crippen LogP contribution is 2.22. The van der Waals surface area contributed by atoms with Gasteiger partial charge in [0.2, 0.25) is 5.91 Å². The number of hydrogen-bond donors (Lipinski definition) is 3. The molecule has 0 bridgehead atoms. The largest absolute Gasteiger partial charge is 0.417 e. The third-order valence-corrected chi connectivity index (χ3v) is 4.13. The second-order valence-electron chi connectivity index (χ2n) is 7.28. The highest BCUT2D eigenvalue weighted by atomic mass is 16.4. The normalized spacial score (nSPS) is 11.4. The fourth-order valence-corrected chi connectivity index (χ4v) is 2.62. The van der Waals surface area contributed by atoms with Crippen LogP contribution in [0.3, 0.4) is 0 Å². The third-order valence-electron chi connectivity index (χ3n) is 4.13. The number of carbonyl (C=O) groups is 2. The SMILES string of the molecule is CC(C)(C)c1ccc(C(=O)NCC(=O)Nc2ccc3oc(=O)[nH]c3c2)cc1. The van der Waals surface area contributed by atoms with E-state index in [1.165, 1.54) is 0 Å². The second kappa shape index (κ2) is 7.11. The Labute approximate surface area is 155 Å². The molecule has 0 aliphatic heterocycles. The van der Waals surface area contributed by atoms with Crippen molar-refractivity contribution in [1.82, 2.24) is 10.3 Å². The van der Waals surface area contributed by atoms with Crippen molar-refractivity contribution in [1.29, 1.82) is 0 Å². The molecule has 0 unspecified atom stereocenters. The molecule has 2 aromatic carbocycles. The molecular formula is C20H21N3O4. The number of aromatic amines is 1. The van der Waals surface area contributed by atoms with Crippen LogP contribution in [-0.4, -0.2) is 23.3 Å². The van der Waals surface area contributed by atoms with E-state index in [1.54, 1.807) is 30.3 Å². The maximum absolute atomic E-state index is 12.2. The molecule has 0 radical (unpaired) electrons. The summed E-state index contributed by atoms with van der Waals surface area (Å²) in [5.74, 6) is -1.25. The molecule has 3 rings (SSSR count). The van der Waals surface area contributed by atoms with Crippen LogP contribution in [0, 0.1) is 0 Å². The minimum absolute atomic E-state index is 0.00919. The number of hydrogen-bond acceptors (Lipinski definition) is 4. The lowest BCUT2D eigenvalue weighted by atomic mass is 9.87. The van der Waals surface area contributed by atoms with Crippen LogP contribution < -0.4 is 16.4 Å². The molecule has 7 nitrogen and oxygen atoms in total. The highest BCUT2D eigenvalue weighted by molar-refractivity contribution is 5.99. The number of benzene rings is 2. The average molecular weight is 367 g/mol. The van der Waals surface area contributed by atoms with Gasteiger partial charge >= 0.3 is 5.76 Å². The number of anilines is 1. The molecule has 0 aliphatic rings. The Hall–Kier alpha value is -3.35. The van der Waals surface area contributed by atoms with Crippen LogP contribution in [0.25, 0.3) is 11.1 Å². The maximum atomic E-state index is 12.2. The van der Waals surface area contributed by atoms with Gasteiger partial charge < -0.3 is 15.1 Å². The summed E-state index contributed by atoms with van der Waals surface area (Å²) >= 11 is 0. The summed E-state index contributed by atoms with van der Waals surface area (Å²) in [5.41, 5.74) is 3.02. The topological polar surface area (TPSA) is 104 Å². The first-order valence-corrected chi connectivity index (χ1v) is 8.54. The van der Waals surface area contributed by atoms with Gasteiger partial charge in [-0.25, -0.2) is 4.79 Å². The Morgan fingerprint density at radius 2 is 1.78 bits per heavy atom. The number of carbonyl (C=O) groups excluding carboxylic acids is 2. The Morgan fingerprint density at radius 3 is 2.44 bits per heavy atom. The van der Waals surface area contributed by atoms with Crippen molar-refractivity contribution in [3.63, 3.8) is 0 Å². The van der Waals surface area contributed by atoms with E-state index >= 15 is 0 Å². The molecule has 1 heterocycles. The fraction of sp³-hybridized carbons (Fsp3) is 0.250. The molecule has 0 spiro atoms. The number of amides is 2. The van der Waals surface area contributed by atoms with Crippen molar-refractivity contribution in [3.8, 4) is 0 Å². The maximum Gasteiger partial charge on any atom is 0.417 e. The lowest BCUT2D eigenvalue weighted by Gasteiger charge is -2.19. The zero-order valence-corrected chi connectivity index (χ0v) is 15.4. The molecule has 0 saturated carbocycles. The minimum atomic E-state index is -0.557.